The molecule has 13 heavy (non-hydrogen) atoms. The van der Waals surface area contributed by atoms with Crippen LogP contribution in [0.15, 0.2) is 22.7 Å². The van der Waals surface area contributed by atoms with Crippen molar-refractivity contribution in [2.75, 3.05) is 19.4 Å². The van der Waals surface area contributed by atoms with Crippen LogP contribution >= 0.6 is 15.9 Å². The molecular formula is C9H11BrN2O. The van der Waals surface area contributed by atoms with Crippen molar-refractivity contribution in [2.45, 2.75) is 0 Å². The lowest BCUT2D eigenvalue weighted by atomic mass is 10.2. The minimum Gasteiger partial charge on any atom is -0.387 e. The molecule has 0 fully saturated rings. The molecule has 0 heterocycles. The number of benzene rings is 1. The maximum absolute atomic E-state index is 11.3. The predicted octanol–water partition coefficient (Wildman–Crippen LogP) is 1.85. The van der Waals surface area contributed by atoms with Crippen LogP contribution in [0, 0.1) is 0 Å². The van der Waals surface area contributed by atoms with E-state index in [4.69, 9.17) is 0 Å². The first-order valence-electron chi connectivity index (χ1n) is 3.89. The lowest BCUT2D eigenvalue weighted by Crippen LogP contribution is -2.18. The lowest BCUT2D eigenvalue weighted by molar-refractivity contribution is 0.0962. The average molecular weight is 243 g/mol. The molecule has 0 unspecified atom stereocenters. The van der Waals surface area contributed by atoms with Crippen molar-refractivity contribution < 1.29 is 4.79 Å². The fourth-order valence-corrected chi connectivity index (χ4v) is 1.68. The summed E-state index contributed by atoms with van der Waals surface area (Å²) in [5, 5.41) is 5.56. The summed E-state index contributed by atoms with van der Waals surface area (Å²) in [5.41, 5.74) is 1.54. The van der Waals surface area contributed by atoms with E-state index in [2.05, 4.69) is 26.6 Å². The van der Waals surface area contributed by atoms with Crippen molar-refractivity contribution >= 4 is 27.5 Å². The second-order valence-corrected chi connectivity index (χ2v) is 3.29. The first-order chi connectivity index (χ1) is 6.20. The number of amides is 1. The molecule has 0 bridgehead atoms. The predicted molar refractivity (Wildman–Crippen MR) is 57.1 cm³/mol. The number of hydrogen-bond acceptors (Lipinski definition) is 2. The van der Waals surface area contributed by atoms with Crippen molar-refractivity contribution in [1.29, 1.82) is 0 Å². The maximum atomic E-state index is 11.3. The minimum absolute atomic E-state index is 0.0935. The van der Waals surface area contributed by atoms with Gasteiger partial charge in [0.1, 0.15) is 0 Å². The number of rotatable bonds is 2. The summed E-state index contributed by atoms with van der Waals surface area (Å²) in [7, 11) is 3.43. The Hall–Kier alpha value is -1.03. The highest BCUT2D eigenvalue weighted by molar-refractivity contribution is 9.10. The molecule has 1 aromatic carbocycles. The van der Waals surface area contributed by atoms with Crippen molar-refractivity contribution in [3.05, 3.63) is 28.2 Å². The summed E-state index contributed by atoms with van der Waals surface area (Å²) in [6.07, 6.45) is 0. The van der Waals surface area contributed by atoms with E-state index >= 15 is 0 Å². The van der Waals surface area contributed by atoms with Crippen LogP contribution in [-0.4, -0.2) is 20.0 Å². The van der Waals surface area contributed by atoms with E-state index in [1.54, 1.807) is 13.1 Å². The topological polar surface area (TPSA) is 41.1 Å². The number of carbonyl (C=O) groups is 1. The standard InChI is InChI=1S/C9H11BrN2O/c1-11-7-5-3-4-6(8(7)10)9(13)12-2/h3-5,11H,1-2H3,(H,12,13). The Morgan fingerprint density at radius 2 is 2.08 bits per heavy atom. The third-order valence-electron chi connectivity index (χ3n) is 1.74. The van der Waals surface area contributed by atoms with Crippen LogP contribution in [0.25, 0.3) is 0 Å². The third kappa shape index (κ3) is 2.01. The van der Waals surface area contributed by atoms with Crippen LogP contribution < -0.4 is 10.6 Å². The Morgan fingerprint density at radius 1 is 1.38 bits per heavy atom. The van der Waals surface area contributed by atoms with E-state index in [1.807, 2.05) is 19.2 Å². The summed E-state index contributed by atoms with van der Waals surface area (Å²) in [4.78, 5) is 11.3. The Morgan fingerprint density at radius 3 is 2.62 bits per heavy atom. The van der Waals surface area contributed by atoms with Gasteiger partial charge >= 0.3 is 0 Å². The van der Waals surface area contributed by atoms with Gasteiger partial charge < -0.3 is 10.6 Å². The molecule has 0 spiro atoms. The molecular weight excluding hydrogens is 232 g/mol. The van der Waals surface area contributed by atoms with Gasteiger partial charge in [-0.3, -0.25) is 4.79 Å². The van der Waals surface area contributed by atoms with E-state index in [1.165, 1.54) is 0 Å². The SMILES string of the molecule is CNC(=O)c1cccc(NC)c1Br. The number of halogens is 1. The molecule has 0 saturated heterocycles. The van der Waals surface area contributed by atoms with Crippen LogP contribution in [0.2, 0.25) is 0 Å². The summed E-state index contributed by atoms with van der Waals surface area (Å²) < 4.78 is 0.789. The van der Waals surface area contributed by atoms with Crippen molar-refractivity contribution in [1.82, 2.24) is 5.32 Å². The molecule has 3 nitrogen and oxygen atoms in total. The zero-order valence-electron chi connectivity index (χ0n) is 7.52. The first kappa shape index (κ1) is 10.1. The van der Waals surface area contributed by atoms with Gasteiger partial charge in [0.05, 0.1) is 10.0 Å². The monoisotopic (exact) mass is 242 g/mol. The maximum Gasteiger partial charge on any atom is 0.252 e. The van der Waals surface area contributed by atoms with Gasteiger partial charge in [0, 0.05) is 19.8 Å². The van der Waals surface area contributed by atoms with Crippen molar-refractivity contribution in [3.63, 3.8) is 0 Å². The summed E-state index contributed by atoms with van der Waals surface area (Å²) >= 11 is 3.36. The lowest BCUT2D eigenvalue weighted by Gasteiger charge is -2.07. The zero-order valence-corrected chi connectivity index (χ0v) is 9.10. The van der Waals surface area contributed by atoms with E-state index < -0.39 is 0 Å². The van der Waals surface area contributed by atoms with Gasteiger partial charge in [-0.05, 0) is 28.1 Å². The zero-order chi connectivity index (χ0) is 9.84. The fourth-order valence-electron chi connectivity index (χ4n) is 1.04. The minimum atomic E-state index is -0.0935. The van der Waals surface area contributed by atoms with Crippen molar-refractivity contribution in [2.24, 2.45) is 0 Å². The van der Waals surface area contributed by atoms with Crippen LogP contribution in [-0.2, 0) is 0 Å². The number of anilines is 1. The number of hydrogen-bond donors (Lipinski definition) is 2. The highest BCUT2D eigenvalue weighted by Gasteiger charge is 2.09. The molecule has 70 valence electrons. The average Bonchev–Trinajstić information content (AvgIpc) is 2.17. The van der Waals surface area contributed by atoms with Gasteiger partial charge in [-0.1, -0.05) is 6.07 Å². The van der Waals surface area contributed by atoms with Gasteiger partial charge in [0.25, 0.3) is 5.91 Å². The molecule has 1 amide bonds. The highest BCUT2D eigenvalue weighted by Crippen LogP contribution is 2.25. The second kappa shape index (κ2) is 4.28. The molecule has 0 aliphatic rings. The van der Waals surface area contributed by atoms with E-state index in [9.17, 15) is 4.79 Å². The van der Waals surface area contributed by atoms with Crippen LogP contribution in [0.1, 0.15) is 10.4 Å². The first-order valence-corrected chi connectivity index (χ1v) is 4.68. The Bertz CT molecular complexity index is 325. The quantitative estimate of drug-likeness (QED) is 0.832. The molecule has 0 atom stereocenters. The van der Waals surface area contributed by atoms with Crippen molar-refractivity contribution in [3.8, 4) is 0 Å². The van der Waals surface area contributed by atoms with Gasteiger partial charge in [-0.2, -0.15) is 0 Å². The second-order valence-electron chi connectivity index (χ2n) is 2.50. The van der Waals surface area contributed by atoms with Crippen LogP contribution in [0.3, 0.4) is 0 Å². The smallest absolute Gasteiger partial charge is 0.252 e. The van der Waals surface area contributed by atoms with Gasteiger partial charge in [-0.15, -0.1) is 0 Å². The Balaban J connectivity index is 3.15. The molecule has 0 aromatic heterocycles. The highest BCUT2D eigenvalue weighted by atomic mass is 79.9. The van der Waals surface area contributed by atoms with Gasteiger partial charge in [-0.25, -0.2) is 0 Å². The fraction of sp³-hybridized carbons (Fsp3) is 0.222. The molecule has 4 heteroatoms. The van der Waals surface area contributed by atoms with Crippen LogP contribution in [0.5, 0.6) is 0 Å². The Labute approximate surface area is 85.7 Å². The van der Waals surface area contributed by atoms with Gasteiger partial charge in [0.15, 0.2) is 0 Å². The molecule has 0 aliphatic heterocycles. The molecule has 1 rings (SSSR count). The summed E-state index contributed by atoms with van der Waals surface area (Å²) in [6, 6.07) is 5.50. The number of nitrogens with one attached hydrogen (secondary N) is 2. The molecule has 0 aliphatic carbocycles. The largest absolute Gasteiger partial charge is 0.387 e. The summed E-state index contributed by atoms with van der Waals surface area (Å²) in [5.74, 6) is -0.0935. The number of carbonyl (C=O) groups excluding carboxylic acids is 1. The van der Waals surface area contributed by atoms with E-state index in [0.29, 0.717) is 5.56 Å². The molecule has 1 aromatic rings. The molecule has 2 N–H and O–H groups in total. The molecule has 0 radical (unpaired) electrons. The third-order valence-corrected chi connectivity index (χ3v) is 2.59. The van der Waals surface area contributed by atoms with Gasteiger partial charge in [0.2, 0.25) is 0 Å². The normalized spacial score (nSPS) is 9.46. The van der Waals surface area contributed by atoms with E-state index in [-0.39, 0.29) is 5.91 Å². The van der Waals surface area contributed by atoms with Crippen LogP contribution in [0.4, 0.5) is 5.69 Å². The van der Waals surface area contributed by atoms with E-state index in [0.717, 1.165) is 10.2 Å². The Kier molecular flexibility index (Phi) is 3.31. The molecule has 0 saturated carbocycles. The summed E-state index contributed by atoms with van der Waals surface area (Å²) in [6.45, 7) is 0.